The molecule has 4 heteroatoms. The number of allylic oxidation sites excluding steroid dienone is 1. The Morgan fingerprint density at radius 1 is 1.29 bits per heavy atom. The van der Waals surface area contributed by atoms with Crippen molar-refractivity contribution in [3.8, 4) is 0 Å². The number of ether oxygens (including phenoxy) is 1. The molecule has 0 aromatic heterocycles. The van der Waals surface area contributed by atoms with Crippen LogP contribution in [0.4, 0.5) is 0 Å². The summed E-state index contributed by atoms with van der Waals surface area (Å²) < 4.78 is 4.86. The molecule has 0 aliphatic heterocycles. The normalized spacial score (nSPS) is 9.64. The molecule has 0 radical (unpaired) electrons. The molecule has 0 saturated heterocycles. The van der Waals surface area contributed by atoms with Crippen LogP contribution in [-0.4, -0.2) is 39.3 Å². The lowest BCUT2D eigenvalue weighted by atomic mass is 10.3. The Morgan fingerprint density at radius 3 is 2.57 bits per heavy atom. The minimum absolute atomic E-state index is 0.0291. The molecular formula is C10H20N2O2. The molecule has 0 rings (SSSR count). The highest BCUT2D eigenvalue weighted by Gasteiger charge is 1.94. The Labute approximate surface area is 85.7 Å². The molecule has 82 valence electrons. The summed E-state index contributed by atoms with van der Waals surface area (Å²) >= 11 is 0. The zero-order chi connectivity index (χ0) is 10.8. The van der Waals surface area contributed by atoms with Gasteiger partial charge in [-0.2, -0.15) is 0 Å². The summed E-state index contributed by atoms with van der Waals surface area (Å²) in [5.74, 6) is -0.0291. The van der Waals surface area contributed by atoms with Gasteiger partial charge in [-0.05, 0) is 13.8 Å². The van der Waals surface area contributed by atoms with Gasteiger partial charge in [-0.15, -0.1) is 0 Å². The molecule has 0 spiro atoms. The summed E-state index contributed by atoms with van der Waals surface area (Å²) in [6.07, 6.45) is 1.59. The van der Waals surface area contributed by atoms with Crippen molar-refractivity contribution in [3.63, 3.8) is 0 Å². The summed E-state index contributed by atoms with van der Waals surface area (Å²) in [5.41, 5.74) is 1.01. The highest BCUT2D eigenvalue weighted by atomic mass is 16.5. The third kappa shape index (κ3) is 9.22. The van der Waals surface area contributed by atoms with Crippen LogP contribution in [0.15, 0.2) is 11.6 Å². The van der Waals surface area contributed by atoms with E-state index in [1.165, 1.54) is 0 Å². The van der Waals surface area contributed by atoms with E-state index in [0.29, 0.717) is 13.2 Å². The number of hydrogen-bond donors (Lipinski definition) is 2. The van der Waals surface area contributed by atoms with Crippen molar-refractivity contribution in [1.29, 1.82) is 0 Å². The van der Waals surface area contributed by atoms with Gasteiger partial charge in [-0.1, -0.05) is 5.57 Å². The molecule has 0 unspecified atom stereocenters. The molecule has 0 aromatic carbocycles. The SMILES string of the molecule is COCCNCCNC(=O)C=C(C)C. The third-order valence-corrected chi connectivity index (χ3v) is 1.50. The van der Waals surface area contributed by atoms with Gasteiger partial charge in [0.2, 0.25) is 5.91 Å². The fraction of sp³-hybridized carbons (Fsp3) is 0.700. The molecule has 0 atom stereocenters. The van der Waals surface area contributed by atoms with Gasteiger partial charge in [0, 0.05) is 32.8 Å². The second-order valence-electron chi connectivity index (χ2n) is 3.26. The van der Waals surface area contributed by atoms with E-state index in [1.807, 2.05) is 13.8 Å². The van der Waals surface area contributed by atoms with Gasteiger partial charge in [-0.3, -0.25) is 4.79 Å². The summed E-state index contributed by atoms with van der Waals surface area (Å²) in [6, 6.07) is 0. The molecule has 4 nitrogen and oxygen atoms in total. The molecule has 14 heavy (non-hydrogen) atoms. The zero-order valence-electron chi connectivity index (χ0n) is 9.22. The van der Waals surface area contributed by atoms with Crippen LogP contribution in [0.2, 0.25) is 0 Å². The molecule has 0 saturated carbocycles. The van der Waals surface area contributed by atoms with Gasteiger partial charge in [0.15, 0.2) is 0 Å². The van der Waals surface area contributed by atoms with Gasteiger partial charge < -0.3 is 15.4 Å². The smallest absolute Gasteiger partial charge is 0.243 e. The molecular weight excluding hydrogens is 180 g/mol. The van der Waals surface area contributed by atoms with Gasteiger partial charge in [-0.25, -0.2) is 0 Å². The van der Waals surface area contributed by atoms with E-state index in [2.05, 4.69) is 10.6 Å². The van der Waals surface area contributed by atoms with Crippen molar-refractivity contribution in [2.24, 2.45) is 0 Å². The van der Waals surface area contributed by atoms with E-state index in [4.69, 9.17) is 4.74 Å². The Kier molecular flexibility index (Phi) is 8.17. The van der Waals surface area contributed by atoms with Gasteiger partial charge >= 0.3 is 0 Å². The molecule has 2 N–H and O–H groups in total. The van der Waals surface area contributed by atoms with E-state index in [0.717, 1.165) is 18.7 Å². The second kappa shape index (κ2) is 8.72. The maximum atomic E-state index is 11.1. The highest BCUT2D eigenvalue weighted by molar-refractivity contribution is 5.87. The fourth-order valence-corrected chi connectivity index (χ4v) is 0.887. The number of amides is 1. The van der Waals surface area contributed by atoms with E-state index in [1.54, 1.807) is 13.2 Å². The largest absolute Gasteiger partial charge is 0.383 e. The van der Waals surface area contributed by atoms with Crippen molar-refractivity contribution < 1.29 is 9.53 Å². The van der Waals surface area contributed by atoms with Crippen molar-refractivity contribution >= 4 is 5.91 Å². The number of methoxy groups -OCH3 is 1. The van der Waals surface area contributed by atoms with Crippen LogP contribution in [0.25, 0.3) is 0 Å². The van der Waals surface area contributed by atoms with E-state index in [-0.39, 0.29) is 5.91 Å². The van der Waals surface area contributed by atoms with Crippen LogP contribution < -0.4 is 10.6 Å². The van der Waals surface area contributed by atoms with Crippen molar-refractivity contribution in [3.05, 3.63) is 11.6 Å². The van der Waals surface area contributed by atoms with Gasteiger partial charge in [0.25, 0.3) is 0 Å². The molecule has 0 fully saturated rings. The van der Waals surface area contributed by atoms with Crippen LogP contribution in [0, 0.1) is 0 Å². The molecule has 0 aliphatic carbocycles. The van der Waals surface area contributed by atoms with Crippen LogP contribution in [0.5, 0.6) is 0 Å². The first kappa shape index (κ1) is 13.1. The molecule has 0 bridgehead atoms. The lowest BCUT2D eigenvalue weighted by Gasteiger charge is -2.04. The molecule has 0 aromatic rings. The van der Waals surface area contributed by atoms with E-state index < -0.39 is 0 Å². The van der Waals surface area contributed by atoms with Crippen molar-refractivity contribution in [2.75, 3.05) is 33.4 Å². The summed E-state index contributed by atoms with van der Waals surface area (Å²) in [4.78, 5) is 11.1. The Hall–Kier alpha value is -0.870. The average Bonchev–Trinajstić information content (AvgIpc) is 2.10. The van der Waals surface area contributed by atoms with Gasteiger partial charge in [0.05, 0.1) is 6.61 Å². The van der Waals surface area contributed by atoms with E-state index in [9.17, 15) is 4.79 Å². The highest BCUT2D eigenvalue weighted by Crippen LogP contribution is 1.86. The minimum Gasteiger partial charge on any atom is -0.383 e. The average molecular weight is 200 g/mol. The second-order valence-corrected chi connectivity index (χ2v) is 3.26. The molecule has 1 amide bonds. The summed E-state index contributed by atoms with van der Waals surface area (Å²) in [6.45, 7) is 6.72. The maximum Gasteiger partial charge on any atom is 0.243 e. The fourth-order valence-electron chi connectivity index (χ4n) is 0.887. The van der Waals surface area contributed by atoms with Crippen LogP contribution in [0.3, 0.4) is 0 Å². The standard InChI is InChI=1S/C10H20N2O2/c1-9(2)8-10(13)12-5-4-11-6-7-14-3/h8,11H,4-7H2,1-3H3,(H,12,13). The minimum atomic E-state index is -0.0291. The van der Waals surface area contributed by atoms with Crippen molar-refractivity contribution in [2.45, 2.75) is 13.8 Å². The quantitative estimate of drug-likeness (QED) is 0.459. The van der Waals surface area contributed by atoms with Crippen LogP contribution >= 0.6 is 0 Å². The zero-order valence-corrected chi connectivity index (χ0v) is 9.22. The first-order valence-corrected chi connectivity index (χ1v) is 4.79. The Balaban J connectivity index is 3.28. The summed E-state index contributed by atoms with van der Waals surface area (Å²) in [7, 11) is 1.66. The lowest BCUT2D eigenvalue weighted by molar-refractivity contribution is -0.116. The van der Waals surface area contributed by atoms with Crippen LogP contribution in [0.1, 0.15) is 13.8 Å². The number of nitrogens with one attached hydrogen (secondary N) is 2. The number of rotatable bonds is 7. The summed E-state index contributed by atoms with van der Waals surface area (Å²) in [5, 5.41) is 5.91. The number of carbonyl (C=O) groups is 1. The first-order chi connectivity index (χ1) is 6.66. The molecule has 0 heterocycles. The molecule has 0 aliphatic rings. The first-order valence-electron chi connectivity index (χ1n) is 4.79. The Bertz CT molecular complexity index is 187. The van der Waals surface area contributed by atoms with E-state index >= 15 is 0 Å². The van der Waals surface area contributed by atoms with Crippen molar-refractivity contribution in [1.82, 2.24) is 10.6 Å². The maximum absolute atomic E-state index is 11.1. The third-order valence-electron chi connectivity index (χ3n) is 1.50. The van der Waals surface area contributed by atoms with Gasteiger partial charge in [0.1, 0.15) is 0 Å². The Morgan fingerprint density at radius 2 is 2.00 bits per heavy atom. The monoisotopic (exact) mass is 200 g/mol. The predicted molar refractivity (Wildman–Crippen MR) is 57.2 cm³/mol. The number of carbonyl (C=O) groups excluding carboxylic acids is 1. The number of hydrogen-bond acceptors (Lipinski definition) is 3. The van der Waals surface area contributed by atoms with Crippen LogP contribution in [-0.2, 0) is 9.53 Å². The lowest BCUT2D eigenvalue weighted by Crippen LogP contribution is -2.32. The predicted octanol–water partition coefficient (Wildman–Crippen LogP) is 0.305. The topological polar surface area (TPSA) is 50.4 Å².